The molecule has 6 aromatic rings. The topological polar surface area (TPSA) is 0 Å². The Bertz CT molecular complexity index is 1140. The van der Waals surface area contributed by atoms with E-state index in [-0.39, 0.29) is 50.7 Å². The van der Waals surface area contributed by atoms with E-state index < -0.39 is 0 Å². The first-order valence-corrected chi connectivity index (χ1v) is 10.5. The molecule has 0 heterocycles. The minimum Gasteiger partial charge on any atom is -1.00 e. The molecule has 172 valence electrons. The summed E-state index contributed by atoms with van der Waals surface area (Å²) in [6, 6.07) is 50.0. The normalized spacial score (nSPS) is 9.06. The van der Waals surface area contributed by atoms with Gasteiger partial charge in [-0.05, 0) is 0 Å². The monoisotopic (exact) mass is 647 g/mol. The Morgan fingerprint density at radius 2 is 0.765 bits per heavy atom. The Hall–Kier alpha value is -2.58. The number of hydrogen-bond donors (Lipinski definition) is 0. The molecule has 0 aliphatic heterocycles. The number of benzene rings is 4. The standard InChI is InChI=1S/C13H11.2C9H7.2ClH.Hf/c1-3-7-12(8-4-1)11-13-9-5-2-6-10-13;2*1-2-5-9-7-3-6-8(9)4-1;;;/h1-11H;2*1-7H;2*1H;/q3*-1;;;/p-2. The van der Waals surface area contributed by atoms with Crippen molar-refractivity contribution in [2.75, 3.05) is 0 Å². The molecular weight excluding hydrogens is 622 g/mol. The molecule has 3 heteroatoms. The molecule has 0 aliphatic carbocycles. The van der Waals surface area contributed by atoms with E-state index in [2.05, 4.69) is 140 Å². The van der Waals surface area contributed by atoms with Crippen molar-refractivity contribution in [3.05, 3.63) is 163 Å². The van der Waals surface area contributed by atoms with Gasteiger partial charge in [-0.2, -0.15) is 35.0 Å². The van der Waals surface area contributed by atoms with Crippen LogP contribution in [0.2, 0.25) is 0 Å². The van der Waals surface area contributed by atoms with Crippen LogP contribution in [0.15, 0.2) is 146 Å². The first-order valence-electron chi connectivity index (χ1n) is 10.5. The molecule has 0 N–H and O–H groups in total. The van der Waals surface area contributed by atoms with Gasteiger partial charge < -0.3 is 24.8 Å². The Kier molecular flexibility index (Phi) is 14.0. The second-order valence-corrected chi connectivity index (χ2v) is 7.28. The molecule has 0 aromatic heterocycles. The van der Waals surface area contributed by atoms with E-state index in [0.29, 0.717) is 0 Å². The number of halogens is 2. The summed E-state index contributed by atoms with van der Waals surface area (Å²) in [5.41, 5.74) is 2.49. The van der Waals surface area contributed by atoms with E-state index in [1.807, 2.05) is 12.1 Å². The van der Waals surface area contributed by atoms with Gasteiger partial charge in [-0.1, -0.05) is 48.5 Å². The van der Waals surface area contributed by atoms with Crippen LogP contribution in [0.5, 0.6) is 0 Å². The fraction of sp³-hybridized carbons (Fsp3) is 0. The molecule has 0 saturated carbocycles. The van der Waals surface area contributed by atoms with Crippen molar-refractivity contribution in [3.8, 4) is 0 Å². The van der Waals surface area contributed by atoms with Gasteiger partial charge in [-0.15, -0.1) is 101 Å². The van der Waals surface area contributed by atoms with Gasteiger partial charge in [0, 0.05) is 25.8 Å². The van der Waals surface area contributed by atoms with E-state index in [1.165, 1.54) is 32.7 Å². The van der Waals surface area contributed by atoms with Crippen molar-refractivity contribution in [3.63, 3.8) is 0 Å². The first-order chi connectivity index (χ1) is 15.4. The summed E-state index contributed by atoms with van der Waals surface area (Å²) in [7, 11) is 0. The van der Waals surface area contributed by atoms with Crippen molar-refractivity contribution < 1.29 is 50.7 Å². The maximum absolute atomic E-state index is 2.17. The molecule has 0 unspecified atom stereocenters. The van der Waals surface area contributed by atoms with Crippen LogP contribution >= 0.6 is 0 Å². The van der Waals surface area contributed by atoms with E-state index >= 15 is 0 Å². The van der Waals surface area contributed by atoms with Gasteiger partial charge in [0.05, 0.1) is 0 Å². The van der Waals surface area contributed by atoms with Crippen LogP contribution in [-0.2, 0) is 25.8 Å². The van der Waals surface area contributed by atoms with E-state index in [4.69, 9.17) is 0 Å². The minimum absolute atomic E-state index is 0. The molecule has 6 rings (SSSR count). The van der Waals surface area contributed by atoms with Gasteiger partial charge in [0.15, 0.2) is 0 Å². The van der Waals surface area contributed by atoms with Crippen LogP contribution in [0.1, 0.15) is 11.1 Å². The zero-order valence-electron chi connectivity index (χ0n) is 18.7. The third-order valence-electron chi connectivity index (χ3n) is 5.03. The first kappa shape index (κ1) is 29.5. The molecule has 0 spiro atoms. The zero-order chi connectivity index (χ0) is 21.1. The van der Waals surface area contributed by atoms with Crippen LogP contribution in [0.3, 0.4) is 0 Å². The average molecular weight is 647 g/mol. The Labute approximate surface area is 234 Å². The van der Waals surface area contributed by atoms with Gasteiger partial charge in [-0.25, -0.2) is 0 Å². The number of rotatable bonds is 2. The summed E-state index contributed by atoms with van der Waals surface area (Å²) in [5.74, 6) is 0. The van der Waals surface area contributed by atoms with Crippen LogP contribution in [-0.4, -0.2) is 0 Å². The minimum atomic E-state index is 0. The summed E-state index contributed by atoms with van der Waals surface area (Å²) >= 11 is 0. The van der Waals surface area contributed by atoms with Crippen LogP contribution in [0.25, 0.3) is 21.5 Å². The van der Waals surface area contributed by atoms with Crippen molar-refractivity contribution in [1.82, 2.24) is 0 Å². The van der Waals surface area contributed by atoms with E-state index in [9.17, 15) is 0 Å². The van der Waals surface area contributed by atoms with Gasteiger partial charge in [0.1, 0.15) is 0 Å². The van der Waals surface area contributed by atoms with Crippen LogP contribution in [0.4, 0.5) is 0 Å². The molecule has 34 heavy (non-hydrogen) atoms. The van der Waals surface area contributed by atoms with Gasteiger partial charge in [0.25, 0.3) is 0 Å². The molecule has 0 saturated heterocycles. The predicted octanol–water partition coefficient (Wildman–Crippen LogP) is 2.41. The molecular formula is C31H25Cl2Hf-5. The molecule has 6 aromatic carbocycles. The van der Waals surface area contributed by atoms with Gasteiger partial charge in [0.2, 0.25) is 0 Å². The summed E-state index contributed by atoms with van der Waals surface area (Å²) in [6.45, 7) is 0. The Morgan fingerprint density at radius 1 is 0.412 bits per heavy atom. The zero-order valence-corrected chi connectivity index (χ0v) is 23.8. The Morgan fingerprint density at radius 3 is 1.15 bits per heavy atom. The smallest absolute Gasteiger partial charge is 0 e. The fourth-order valence-corrected chi connectivity index (χ4v) is 3.43. The average Bonchev–Trinajstić information content (AvgIpc) is 3.51. The second-order valence-electron chi connectivity index (χ2n) is 7.28. The number of fused-ring (bicyclic) bond motifs is 2. The predicted molar refractivity (Wildman–Crippen MR) is 134 cm³/mol. The number of hydrogen-bond acceptors (Lipinski definition) is 0. The molecule has 0 amide bonds. The molecule has 0 aliphatic rings. The molecule has 0 atom stereocenters. The molecule has 0 nitrogen and oxygen atoms in total. The SMILES string of the molecule is [Cl-].[Cl-].[Hf].c1ccc([CH-]c2ccccc2)cc1.c1ccc2[cH-]ccc2c1.c1ccc2[cH-]ccc2c1. The molecule has 0 bridgehead atoms. The van der Waals surface area contributed by atoms with Crippen molar-refractivity contribution in [2.45, 2.75) is 0 Å². The largest absolute Gasteiger partial charge is 1.00 e. The molecule has 0 radical (unpaired) electrons. The van der Waals surface area contributed by atoms with E-state index in [1.54, 1.807) is 0 Å². The van der Waals surface area contributed by atoms with E-state index in [0.717, 1.165) is 0 Å². The third kappa shape index (κ3) is 8.99. The molecule has 0 fully saturated rings. The van der Waals surface area contributed by atoms with Crippen molar-refractivity contribution in [2.24, 2.45) is 0 Å². The van der Waals surface area contributed by atoms with Gasteiger partial charge in [-0.3, -0.25) is 0 Å². The van der Waals surface area contributed by atoms with Crippen molar-refractivity contribution >= 4 is 21.5 Å². The summed E-state index contributed by atoms with van der Waals surface area (Å²) in [5, 5.41) is 5.32. The van der Waals surface area contributed by atoms with Gasteiger partial charge >= 0.3 is 0 Å². The summed E-state index contributed by atoms with van der Waals surface area (Å²) in [4.78, 5) is 0. The summed E-state index contributed by atoms with van der Waals surface area (Å²) in [6.07, 6.45) is 2.17. The fourth-order valence-electron chi connectivity index (χ4n) is 3.43. The Balaban J connectivity index is 0.000000249. The third-order valence-corrected chi connectivity index (χ3v) is 5.03. The second kappa shape index (κ2) is 16.1. The maximum Gasteiger partial charge on any atom is 0 e. The summed E-state index contributed by atoms with van der Waals surface area (Å²) < 4.78 is 0. The quantitative estimate of drug-likeness (QED) is 0.200. The van der Waals surface area contributed by atoms with Crippen LogP contribution in [0, 0.1) is 6.42 Å². The van der Waals surface area contributed by atoms with Crippen LogP contribution < -0.4 is 24.8 Å². The van der Waals surface area contributed by atoms with Crippen molar-refractivity contribution in [1.29, 1.82) is 0 Å². The maximum atomic E-state index is 2.17.